The molecule has 148 valence electrons. The highest BCUT2D eigenvalue weighted by Gasteiger charge is 2.38. The molecule has 0 spiro atoms. The molecule has 3 aromatic rings. The van der Waals surface area contributed by atoms with E-state index in [4.69, 9.17) is 4.42 Å². The normalized spacial score (nSPS) is 16.5. The summed E-state index contributed by atoms with van der Waals surface area (Å²) in [4.78, 5) is 11.4. The molecule has 0 saturated heterocycles. The van der Waals surface area contributed by atoms with E-state index in [1.165, 1.54) is 13.2 Å². The number of hydrogen-bond donors (Lipinski definition) is 1. The molecule has 0 radical (unpaired) electrons. The number of rotatable bonds is 5. The van der Waals surface area contributed by atoms with Gasteiger partial charge in [0.25, 0.3) is 10.0 Å². The van der Waals surface area contributed by atoms with Gasteiger partial charge in [-0.25, -0.2) is 0 Å². The summed E-state index contributed by atoms with van der Waals surface area (Å²) in [6, 6.07) is 18.3. The number of hydrazone groups is 1. The molecule has 0 fully saturated rings. The summed E-state index contributed by atoms with van der Waals surface area (Å²) in [7, 11) is -3.85. The summed E-state index contributed by atoms with van der Waals surface area (Å²) in [5.74, 6) is 0.367. The van der Waals surface area contributed by atoms with Crippen LogP contribution in [0, 0.1) is 0 Å². The van der Waals surface area contributed by atoms with Crippen molar-refractivity contribution in [2.75, 3.05) is 5.32 Å². The Labute approximate surface area is 168 Å². The second kappa shape index (κ2) is 7.56. The van der Waals surface area contributed by atoms with E-state index in [9.17, 15) is 13.2 Å². The van der Waals surface area contributed by atoms with Crippen molar-refractivity contribution in [1.29, 1.82) is 0 Å². The van der Waals surface area contributed by atoms with Crippen molar-refractivity contribution in [2.24, 2.45) is 5.10 Å². The zero-order valence-electron chi connectivity index (χ0n) is 15.6. The maximum absolute atomic E-state index is 13.3. The first-order valence-corrected chi connectivity index (χ1v) is 10.5. The van der Waals surface area contributed by atoms with Crippen LogP contribution in [0.5, 0.6) is 0 Å². The monoisotopic (exact) mass is 409 g/mol. The Hall–Kier alpha value is -3.39. The summed E-state index contributed by atoms with van der Waals surface area (Å²) in [6.07, 6.45) is 1.91. The lowest BCUT2D eigenvalue weighted by Crippen LogP contribution is -2.27. The van der Waals surface area contributed by atoms with Crippen molar-refractivity contribution in [3.8, 4) is 0 Å². The predicted molar refractivity (Wildman–Crippen MR) is 109 cm³/mol. The van der Waals surface area contributed by atoms with Gasteiger partial charge >= 0.3 is 0 Å². The number of furan rings is 1. The topological polar surface area (TPSA) is 92.0 Å². The molecular weight excluding hydrogens is 390 g/mol. The fraction of sp³-hybridized carbons (Fsp3) is 0.143. The van der Waals surface area contributed by atoms with Gasteiger partial charge in [-0.05, 0) is 42.0 Å². The summed E-state index contributed by atoms with van der Waals surface area (Å²) in [5, 5.41) is 7.11. The molecule has 1 N–H and O–H groups in total. The number of amides is 1. The van der Waals surface area contributed by atoms with Gasteiger partial charge in [0.1, 0.15) is 11.5 Å². The molecule has 0 bridgehead atoms. The van der Waals surface area contributed by atoms with Crippen molar-refractivity contribution in [3.63, 3.8) is 0 Å². The number of anilines is 1. The first-order chi connectivity index (χ1) is 13.9. The van der Waals surface area contributed by atoms with Crippen LogP contribution in [0.3, 0.4) is 0 Å². The minimum Gasteiger partial charge on any atom is -0.463 e. The smallest absolute Gasteiger partial charge is 0.279 e. The van der Waals surface area contributed by atoms with E-state index < -0.39 is 16.1 Å². The Bertz CT molecular complexity index is 1140. The molecule has 8 heteroatoms. The fourth-order valence-electron chi connectivity index (χ4n) is 3.24. The minimum absolute atomic E-state index is 0.171. The van der Waals surface area contributed by atoms with Crippen LogP contribution < -0.4 is 5.32 Å². The third kappa shape index (κ3) is 3.79. The molecule has 0 unspecified atom stereocenters. The van der Waals surface area contributed by atoms with Crippen LogP contribution in [0.2, 0.25) is 0 Å². The largest absolute Gasteiger partial charge is 0.463 e. The van der Waals surface area contributed by atoms with Crippen LogP contribution in [0.25, 0.3) is 0 Å². The fourth-order valence-corrected chi connectivity index (χ4v) is 4.70. The Morgan fingerprint density at radius 3 is 2.41 bits per heavy atom. The molecule has 1 amide bonds. The molecule has 29 heavy (non-hydrogen) atoms. The first-order valence-electron chi connectivity index (χ1n) is 9.03. The molecule has 0 aliphatic carbocycles. The average molecular weight is 409 g/mol. The second-order valence-corrected chi connectivity index (χ2v) is 8.43. The Balaban J connectivity index is 1.73. The Kier molecular flexibility index (Phi) is 4.94. The molecule has 7 nitrogen and oxygen atoms in total. The van der Waals surface area contributed by atoms with Crippen molar-refractivity contribution < 1.29 is 17.6 Å². The molecule has 2 aromatic carbocycles. The van der Waals surface area contributed by atoms with E-state index in [0.717, 1.165) is 9.98 Å². The van der Waals surface area contributed by atoms with Gasteiger partial charge in [0, 0.05) is 19.0 Å². The first kappa shape index (κ1) is 18.9. The molecule has 1 aliphatic heterocycles. The van der Waals surface area contributed by atoms with Gasteiger partial charge in [0.15, 0.2) is 0 Å². The van der Waals surface area contributed by atoms with Gasteiger partial charge in [-0.15, -0.1) is 0 Å². The molecular formula is C21H19N3O4S. The molecule has 4 rings (SSSR count). The van der Waals surface area contributed by atoms with Crippen LogP contribution in [-0.2, 0) is 14.8 Å². The minimum atomic E-state index is -3.85. The molecule has 2 heterocycles. The zero-order chi connectivity index (χ0) is 20.4. The lowest BCUT2D eigenvalue weighted by molar-refractivity contribution is -0.114. The third-order valence-electron chi connectivity index (χ3n) is 4.58. The lowest BCUT2D eigenvalue weighted by Gasteiger charge is -2.23. The zero-order valence-corrected chi connectivity index (χ0v) is 16.5. The van der Waals surface area contributed by atoms with E-state index >= 15 is 0 Å². The van der Waals surface area contributed by atoms with E-state index in [-0.39, 0.29) is 10.8 Å². The molecule has 0 saturated carbocycles. The summed E-state index contributed by atoms with van der Waals surface area (Å²) < 4.78 is 33.1. The average Bonchev–Trinajstić information content (AvgIpc) is 3.39. The molecule has 1 aromatic heterocycles. The van der Waals surface area contributed by atoms with Crippen LogP contribution >= 0.6 is 0 Å². The van der Waals surface area contributed by atoms with Gasteiger partial charge in [0.2, 0.25) is 5.91 Å². The highest BCUT2D eigenvalue weighted by molar-refractivity contribution is 7.89. The van der Waals surface area contributed by atoms with Gasteiger partial charge in [-0.3, -0.25) is 4.79 Å². The van der Waals surface area contributed by atoms with E-state index in [1.807, 2.05) is 0 Å². The summed E-state index contributed by atoms with van der Waals surface area (Å²) in [5.41, 5.74) is 1.97. The van der Waals surface area contributed by atoms with Crippen LogP contribution in [-0.4, -0.2) is 24.5 Å². The Morgan fingerprint density at radius 2 is 1.79 bits per heavy atom. The highest BCUT2D eigenvalue weighted by atomic mass is 32.2. The predicted octanol–water partition coefficient (Wildman–Crippen LogP) is 3.78. The number of hydrogen-bond acceptors (Lipinski definition) is 5. The van der Waals surface area contributed by atoms with Crippen molar-refractivity contribution >= 4 is 27.3 Å². The Morgan fingerprint density at radius 1 is 1.07 bits per heavy atom. The molecule has 1 aliphatic rings. The number of carbonyl (C=O) groups is 1. The van der Waals surface area contributed by atoms with Gasteiger partial charge in [-0.2, -0.15) is 17.9 Å². The number of sulfonamides is 1. The third-order valence-corrected chi connectivity index (χ3v) is 6.28. The number of nitrogens with one attached hydrogen (secondary N) is 1. The van der Waals surface area contributed by atoms with Gasteiger partial charge in [-0.1, -0.05) is 30.3 Å². The van der Waals surface area contributed by atoms with Gasteiger partial charge < -0.3 is 9.73 Å². The van der Waals surface area contributed by atoms with Gasteiger partial charge in [0.05, 0.1) is 17.2 Å². The summed E-state index contributed by atoms with van der Waals surface area (Å²) >= 11 is 0. The number of benzene rings is 2. The number of carbonyl (C=O) groups excluding carboxylic acids is 1. The second-order valence-electron chi connectivity index (χ2n) is 6.64. The van der Waals surface area contributed by atoms with E-state index in [1.54, 1.807) is 66.7 Å². The summed E-state index contributed by atoms with van der Waals surface area (Å²) in [6.45, 7) is 1.43. The van der Waals surface area contributed by atoms with E-state index in [0.29, 0.717) is 23.6 Å². The van der Waals surface area contributed by atoms with Crippen LogP contribution in [0.4, 0.5) is 5.69 Å². The van der Waals surface area contributed by atoms with Crippen LogP contribution in [0.1, 0.15) is 30.7 Å². The highest BCUT2D eigenvalue weighted by Crippen LogP contribution is 2.37. The number of nitrogens with zero attached hydrogens (tertiary/aromatic N) is 2. The van der Waals surface area contributed by atoms with Crippen LogP contribution in [0.15, 0.2) is 87.4 Å². The van der Waals surface area contributed by atoms with Crippen molar-refractivity contribution in [1.82, 2.24) is 4.41 Å². The maximum Gasteiger partial charge on any atom is 0.279 e. The van der Waals surface area contributed by atoms with Crippen molar-refractivity contribution in [3.05, 3.63) is 84.3 Å². The quantitative estimate of drug-likeness (QED) is 0.694. The SMILES string of the molecule is CC(=O)Nc1ccc([C@H]2CC(c3ccco3)=NN2S(=O)(=O)c2ccccc2)cc1. The standard InChI is InChI=1S/C21H19N3O4S/c1-15(25)22-17-11-9-16(10-12-17)20-14-19(21-8-5-13-28-21)23-24(20)29(26,27)18-6-3-2-4-7-18/h2-13,20H,14H2,1H3,(H,22,25)/t20-/m1/s1. The lowest BCUT2D eigenvalue weighted by atomic mass is 10.0. The van der Waals surface area contributed by atoms with E-state index in [2.05, 4.69) is 10.4 Å². The maximum atomic E-state index is 13.3. The molecule has 1 atom stereocenters. The van der Waals surface area contributed by atoms with Crippen molar-refractivity contribution in [2.45, 2.75) is 24.3 Å².